The number of sulfonamides is 1. The van der Waals surface area contributed by atoms with Gasteiger partial charge in [-0.1, -0.05) is 66.7 Å². The number of hydrogen-bond donors (Lipinski definition) is 1. The second-order valence-corrected chi connectivity index (χ2v) is 8.38. The van der Waals surface area contributed by atoms with Crippen molar-refractivity contribution in [1.82, 2.24) is 14.9 Å². The van der Waals surface area contributed by atoms with E-state index < -0.39 is 21.9 Å². The molecule has 0 unspecified atom stereocenters. The second-order valence-electron chi connectivity index (χ2n) is 6.63. The lowest BCUT2D eigenvalue weighted by atomic mass is 10.1. The fourth-order valence-corrected chi connectivity index (χ4v) is 4.32. The van der Waals surface area contributed by atoms with Crippen LogP contribution in [0.2, 0.25) is 0 Å². The molecule has 152 valence electrons. The van der Waals surface area contributed by atoms with E-state index in [9.17, 15) is 12.8 Å². The fraction of sp³-hybridized carbons (Fsp3) is 0.0909. The fourth-order valence-electron chi connectivity index (χ4n) is 3.02. The van der Waals surface area contributed by atoms with Crippen LogP contribution in [0.3, 0.4) is 0 Å². The Labute approximate surface area is 173 Å². The summed E-state index contributed by atoms with van der Waals surface area (Å²) in [5.41, 5.74) is 1.38. The van der Waals surface area contributed by atoms with Gasteiger partial charge in [0.1, 0.15) is 11.9 Å². The zero-order chi connectivity index (χ0) is 21.0. The van der Waals surface area contributed by atoms with Gasteiger partial charge in [0.15, 0.2) is 0 Å². The summed E-state index contributed by atoms with van der Waals surface area (Å²) in [5, 5.41) is 7.99. The Morgan fingerprint density at radius 3 is 2.20 bits per heavy atom. The van der Waals surface area contributed by atoms with Crippen molar-refractivity contribution in [2.24, 2.45) is 0 Å². The molecule has 0 spiro atoms. The van der Waals surface area contributed by atoms with Crippen molar-refractivity contribution in [3.8, 4) is 11.5 Å². The third-order valence-electron chi connectivity index (χ3n) is 4.42. The summed E-state index contributed by atoms with van der Waals surface area (Å²) < 4.78 is 48.4. The lowest BCUT2D eigenvalue weighted by molar-refractivity contribution is 0.455. The summed E-state index contributed by atoms with van der Waals surface area (Å²) in [7, 11) is -3.85. The van der Waals surface area contributed by atoms with Crippen LogP contribution in [0.1, 0.15) is 23.1 Å². The maximum atomic E-state index is 14.5. The molecular weight excluding hydrogens is 405 g/mol. The van der Waals surface area contributed by atoms with Gasteiger partial charge in [-0.3, -0.25) is 0 Å². The lowest BCUT2D eigenvalue weighted by Gasteiger charge is -2.16. The van der Waals surface area contributed by atoms with Gasteiger partial charge in [-0.2, -0.15) is 4.72 Å². The molecule has 0 saturated carbocycles. The highest BCUT2D eigenvalue weighted by molar-refractivity contribution is 7.88. The van der Waals surface area contributed by atoms with Gasteiger partial charge in [0.2, 0.25) is 21.8 Å². The molecule has 0 amide bonds. The average Bonchev–Trinajstić information content (AvgIpc) is 3.24. The molecule has 0 aliphatic carbocycles. The largest absolute Gasteiger partial charge is 0.419 e. The molecule has 8 heteroatoms. The first-order valence-electron chi connectivity index (χ1n) is 9.19. The number of aromatic nitrogens is 2. The van der Waals surface area contributed by atoms with Crippen LogP contribution in [0, 0.1) is 5.82 Å². The van der Waals surface area contributed by atoms with E-state index in [0.29, 0.717) is 11.1 Å². The Balaban J connectivity index is 1.69. The van der Waals surface area contributed by atoms with Crippen LogP contribution in [0.15, 0.2) is 89.3 Å². The first-order chi connectivity index (χ1) is 14.5. The van der Waals surface area contributed by atoms with Crippen LogP contribution >= 0.6 is 0 Å². The second kappa shape index (κ2) is 8.56. The number of rotatable bonds is 7. The van der Waals surface area contributed by atoms with Gasteiger partial charge in [0, 0.05) is 11.1 Å². The third kappa shape index (κ3) is 4.61. The van der Waals surface area contributed by atoms with E-state index in [1.54, 1.807) is 48.5 Å². The van der Waals surface area contributed by atoms with Crippen LogP contribution in [-0.4, -0.2) is 18.6 Å². The summed E-state index contributed by atoms with van der Waals surface area (Å²) in [4.78, 5) is 0. The zero-order valence-corrected chi connectivity index (χ0v) is 16.6. The number of hydrogen-bond acceptors (Lipinski definition) is 5. The highest BCUT2D eigenvalue weighted by Gasteiger charge is 2.28. The van der Waals surface area contributed by atoms with Crippen LogP contribution in [0.5, 0.6) is 0 Å². The highest BCUT2D eigenvalue weighted by atomic mass is 32.2. The molecule has 1 aromatic heterocycles. The molecule has 30 heavy (non-hydrogen) atoms. The van der Waals surface area contributed by atoms with Crippen LogP contribution in [0.25, 0.3) is 11.5 Å². The van der Waals surface area contributed by atoms with Crippen molar-refractivity contribution >= 4 is 10.0 Å². The minimum Gasteiger partial charge on any atom is -0.419 e. The number of nitrogens with zero attached hydrogens (tertiary/aromatic N) is 2. The van der Waals surface area contributed by atoms with Gasteiger partial charge in [0.05, 0.1) is 5.75 Å². The van der Waals surface area contributed by atoms with E-state index in [-0.39, 0.29) is 23.1 Å². The van der Waals surface area contributed by atoms with Crippen molar-refractivity contribution in [2.75, 3.05) is 0 Å². The molecule has 0 fully saturated rings. The quantitative estimate of drug-likeness (QED) is 0.484. The first-order valence-corrected chi connectivity index (χ1v) is 10.8. The first kappa shape index (κ1) is 19.9. The normalized spacial score (nSPS) is 12.6. The Kier molecular flexibility index (Phi) is 5.69. The topological polar surface area (TPSA) is 85.1 Å². The van der Waals surface area contributed by atoms with E-state index in [1.807, 2.05) is 18.2 Å². The maximum Gasteiger partial charge on any atom is 0.247 e. The monoisotopic (exact) mass is 423 g/mol. The summed E-state index contributed by atoms with van der Waals surface area (Å²) in [5.74, 6) is -0.674. The standard InChI is InChI=1S/C22H18FN3O3S/c23-19-14-8-7-13-18(19)20(26-30(27,28)15-16-9-3-1-4-10-16)22-25-24-21(29-22)17-11-5-2-6-12-17/h1-14,20,26H,15H2/t20-/m0/s1. The van der Waals surface area contributed by atoms with Crippen LogP contribution < -0.4 is 4.72 Å². The Morgan fingerprint density at radius 1 is 0.867 bits per heavy atom. The van der Waals surface area contributed by atoms with Gasteiger partial charge in [-0.15, -0.1) is 10.2 Å². The summed E-state index contributed by atoms with van der Waals surface area (Å²) in [6, 6.07) is 22.5. The number of benzene rings is 3. The molecule has 4 rings (SSSR count). The van der Waals surface area contributed by atoms with E-state index in [2.05, 4.69) is 14.9 Å². The summed E-state index contributed by atoms with van der Waals surface area (Å²) in [6.07, 6.45) is 0. The summed E-state index contributed by atoms with van der Waals surface area (Å²) >= 11 is 0. The van der Waals surface area contributed by atoms with Crippen molar-refractivity contribution < 1.29 is 17.2 Å². The molecule has 0 radical (unpaired) electrons. The van der Waals surface area contributed by atoms with Crippen molar-refractivity contribution in [2.45, 2.75) is 11.8 Å². The maximum absolute atomic E-state index is 14.5. The molecule has 4 aromatic rings. The molecule has 0 aliphatic heterocycles. The number of halogens is 1. The predicted octanol–water partition coefficient (Wildman–Crippen LogP) is 4.08. The van der Waals surface area contributed by atoms with Gasteiger partial charge in [-0.25, -0.2) is 12.8 Å². The van der Waals surface area contributed by atoms with E-state index in [4.69, 9.17) is 4.42 Å². The molecule has 0 saturated heterocycles. The van der Waals surface area contributed by atoms with Crippen molar-refractivity contribution in [1.29, 1.82) is 0 Å². The minimum atomic E-state index is -3.85. The molecule has 0 bridgehead atoms. The molecule has 1 N–H and O–H groups in total. The average molecular weight is 423 g/mol. The molecule has 1 heterocycles. The molecular formula is C22H18FN3O3S. The van der Waals surface area contributed by atoms with Crippen LogP contribution in [0.4, 0.5) is 4.39 Å². The predicted molar refractivity (Wildman–Crippen MR) is 110 cm³/mol. The van der Waals surface area contributed by atoms with E-state index in [0.717, 1.165) is 0 Å². The van der Waals surface area contributed by atoms with Gasteiger partial charge in [0.25, 0.3) is 0 Å². The molecule has 0 aliphatic rings. The zero-order valence-electron chi connectivity index (χ0n) is 15.8. The minimum absolute atomic E-state index is 0.0458. The van der Waals surface area contributed by atoms with Crippen molar-refractivity contribution in [3.63, 3.8) is 0 Å². The third-order valence-corrected chi connectivity index (χ3v) is 5.73. The molecule has 3 aromatic carbocycles. The SMILES string of the molecule is O=S(=O)(Cc1ccccc1)N[C@H](c1nnc(-c2ccccc2)o1)c1ccccc1F. The number of nitrogens with one attached hydrogen (secondary N) is 1. The van der Waals surface area contributed by atoms with Crippen LogP contribution in [-0.2, 0) is 15.8 Å². The van der Waals surface area contributed by atoms with E-state index in [1.165, 1.54) is 18.2 Å². The molecule has 1 atom stereocenters. The smallest absolute Gasteiger partial charge is 0.247 e. The van der Waals surface area contributed by atoms with Crippen molar-refractivity contribution in [3.05, 3.63) is 108 Å². The molecule has 6 nitrogen and oxygen atoms in total. The highest BCUT2D eigenvalue weighted by Crippen LogP contribution is 2.27. The van der Waals surface area contributed by atoms with Gasteiger partial charge in [-0.05, 0) is 23.8 Å². The Morgan fingerprint density at radius 2 is 1.50 bits per heavy atom. The Hall–Kier alpha value is -3.36. The lowest BCUT2D eigenvalue weighted by Crippen LogP contribution is -2.31. The van der Waals surface area contributed by atoms with E-state index >= 15 is 0 Å². The summed E-state index contributed by atoms with van der Waals surface area (Å²) in [6.45, 7) is 0. The van der Waals surface area contributed by atoms with Gasteiger partial charge < -0.3 is 4.42 Å². The Bertz CT molecular complexity index is 1230. The van der Waals surface area contributed by atoms with Gasteiger partial charge >= 0.3 is 0 Å².